The first-order valence-corrected chi connectivity index (χ1v) is 12.3. The van der Waals surface area contributed by atoms with Crippen LogP contribution in [0.15, 0.2) is 24.3 Å². The molecule has 6 heteroatoms. The van der Waals surface area contributed by atoms with E-state index in [0.717, 1.165) is 56.9 Å². The number of nitrogens with one attached hydrogen (secondary N) is 1. The molecule has 2 atom stereocenters. The zero-order chi connectivity index (χ0) is 21.9. The van der Waals surface area contributed by atoms with E-state index in [1.165, 1.54) is 6.42 Å². The number of unbranched alkanes of at least 4 members (excludes halogenated alkanes) is 1. The Morgan fingerprint density at radius 2 is 1.80 bits per heavy atom. The van der Waals surface area contributed by atoms with Gasteiger partial charge in [-0.15, -0.1) is 11.6 Å². The first-order chi connectivity index (χ1) is 14.5. The molecular weight excluding hydrogens is 419 g/mol. The maximum atomic E-state index is 13.5. The minimum absolute atomic E-state index is 0.118. The molecule has 0 spiro atoms. The van der Waals surface area contributed by atoms with E-state index in [1.807, 2.05) is 12.1 Å². The van der Waals surface area contributed by atoms with E-state index in [-0.39, 0.29) is 23.7 Å². The summed E-state index contributed by atoms with van der Waals surface area (Å²) >= 11 is 12.1. The molecule has 0 aliphatic heterocycles. The van der Waals surface area contributed by atoms with Gasteiger partial charge in [0, 0.05) is 17.6 Å². The van der Waals surface area contributed by atoms with Gasteiger partial charge in [0.05, 0.1) is 0 Å². The van der Waals surface area contributed by atoms with E-state index in [2.05, 4.69) is 19.2 Å². The molecule has 1 aliphatic carbocycles. The summed E-state index contributed by atoms with van der Waals surface area (Å²) < 4.78 is 0. The second kappa shape index (κ2) is 13.2. The smallest absolute Gasteiger partial charge is 0.247 e. The lowest BCUT2D eigenvalue weighted by Gasteiger charge is -2.35. The molecule has 0 radical (unpaired) electrons. The maximum absolute atomic E-state index is 13.5. The number of benzene rings is 1. The third kappa shape index (κ3) is 7.46. The zero-order valence-corrected chi connectivity index (χ0v) is 19.9. The lowest BCUT2D eigenvalue weighted by atomic mass is 9.94. The molecule has 0 bridgehead atoms. The Hall–Kier alpha value is -1.26. The highest BCUT2D eigenvalue weighted by molar-refractivity contribution is 6.30. The van der Waals surface area contributed by atoms with Gasteiger partial charge in [-0.2, -0.15) is 0 Å². The Labute approximate surface area is 191 Å². The van der Waals surface area contributed by atoms with Crippen molar-refractivity contribution in [3.05, 3.63) is 34.9 Å². The molecule has 0 saturated heterocycles. The lowest BCUT2D eigenvalue weighted by molar-refractivity contribution is -0.140. The normalized spacial score (nSPS) is 16.7. The number of carbonyl (C=O) groups is 2. The van der Waals surface area contributed by atoms with Crippen LogP contribution in [0.5, 0.6) is 0 Å². The molecule has 168 valence electrons. The van der Waals surface area contributed by atoms with Crippen molar-refractivity contribution in [3.63, 3.8) is 0 Å². The van der Waals surface area contributed by atoms with E-state index < -0.39 is 6.04 Å². The van der Waals surface area contributed by atoms with Crippen LogP contribution in [0.3, 0.4) is 0 Å². The number of halogens is 2. The topological polar surface area (TPSA) is 49.4 Å². The highest BCUT2D eigenvalue weighted by Gasteiger charge is 2.33. The standard InChI is InChI=1S/C24H36Cl2N2O2/c1-3-5-9-18(4-2)17-28(22(29)16-25)23(19-12-14-20(26)15-13-19)24(30)27-21-10-7-6-8-11-21/h12-15,18,21,23H,3-11,16-17H2,1-2H3,(H,27,30)/t18-,23-/m1/s1. The van der Waals surface area contributed by atoms with Crippen LogP contribution in [0.4, 0.5) is 0 Å². The largest absolute Gasteiger partial charge is 0.351 e. The number of carbonyl (C=O) groups excluding carboxylic acids is 2. The van der Waals surface area contributed by atoms with E-state index in [1.54, 1.807) is 17.0 Å². The molecule has 2 amide bonds. The molecule has 1 aromatic rings. The summed E-state index contributed by atoms with van der Waals surface area (Å²) in [5.74, 6) is -0.113. The fourth-order valence-electron chi connectivity index (χ4n) is 4.27. The predicted molar refractivity (Wildman–Crippen MR) is 125 cm³/mol. The van der Waals surface area contributed by atoms with Gasteiger partial charge in [-0.25, -0.2) is 0 Å². The summed E-state index contributed by atoms with van der Waals surface area (Å²) in [6.45, 7) is 4.85. The van der Waals surface area contributed by atoms with E-state index >= 15 is 0 Å². The van der Waals surface area contributed by atoms with Crippen LogP contribution in [-0.4, -0.2) is 35.2 Å². The van der Waals surface area contributed by atoms with Gasteiger partial charge >= 0.3 is 0 Å². The van der Waals surface area contributed by atoms with E-state index in [0.29, 0.717) is 17.5 Å². The van der Waals surface area contributed by atoms with Crippen molar-refractivity contribution in [2.24, 2.45) is 5.92 Å². The first kappa shape index (κ1) is 25.0. The summed E-state index contributed by atoms with van der Waals surface area (Å²) in [5, 5.41) is 3.82. The number of alkyl halides is 1. The highest BCUT2D eigenvalue weighted by Crippen LogP contribution is 2.28. The quantitative estimate of drug-likeness (QED) is 0.409. The van der Waals surface area contributed by atoms with Crippen molar-refractivity contribution in [2.75, 3.05) is 12.4 Å². The fourth-order valence-corrected chi connectivity index (χ4v) is 4.55. The molecule has 1 N–H and O–H groups in total. The Balaban J connectivity index is 2.31. The van der Waals surface area contributed by atoms with Gasteiger partial charge in [0.1, 0.15) is 11.9 Å². The minimum Gasteiger partial charge on any atom is -0.351 e. The molecule has 1 saturated carbocycles. The molecule has 4 nitrogen and oxygen atoms in total. The van der Waals surface area contributed by atoms with Crippen molar-refractivity contribution in [1.29, 1.82) is 0 Å². The fraction of sp³-hybridized carbons (Fsp3) is 0.667. The second-order valence-electron chi connectivity index (χ2n) is 8.39. The number of hydrogen-bond donors (Lipinski definition) is 1. The zero-order valence-electron chi connectivity index (χ0n) is 18.3. The Morgan fingerprint density at radius 3 is 2.37 bits per heavy atom. The van der Waals surface area contributed by atoms with Crippen LogP contribution in [0.2, 0.25) is 5.02 Å². The predicted octanol–water partition coefficient (Wildman–Crippen LogP) is 6.11. The number of rotatable bonds is 11. The summed E-state index contributed by atoms with van der Waals surface area (Å²) in [6, 6.07) is 6.72. The summed E-state index contributed by atoms with van der Waals surface area (Å²) in [5.41, 5.74) is 0.775. The molecule has 0 heterocycles. The third-order valence-corrected chi connectivity index (χ3v) is 6.61. The van der Waals surface area contributed by atoms with Gasteiger partial charge in [-0.05, 0) is 42.9 Å². The average Bonchev–Trinajstić information content (AvgIpc) is 2.77. The first-order valence-electron chi connectivity index (χ1n) is 11.4. The van der Waals surface area contributed by atoms with Gasteiger partial charge in [0.25, 0.3) is 0 Å². The summed E-state index contributed by atoms with van der Waals surface area (Å²) in [7, 11) is 0. The molecule has 30 heavy (non-hydrogen) atoms. The van der Waals surface area contributed by atoms with Gasteiger partial charge in [0.2, 0.25) is 11.8 Å². The van der Waals surface area contributed by atoms with Crippen LogP contribution in [0.1, 0.15) is 83.2 Å². The second-order valence-corrected chi connectivity index (χ2v) is 9.10. The van der Waals surface area contributed by atoms with Gasteiger partial charge in [0.15, 0.2) is 0 Å². The molecule has 0 unspecified atom stereocenters. The van der Waals surface area contributed by atoms with Gasteiger partial charge in [-0.1, -0.05) is 76.1 Å². The van der Waals surface area contributed by atoms with Crippen LogP contribution in [0, 0.1) is 5.92 Å². The van der Waals surface area contributed by atoms with Crippen molar-refractivity contribution < 1.29 is 9.59 Å². The van der Waals surface area contributed by atoms with Crippen molar-refractivity contribution >= 4 is 35.0 Å². The summed E-state index contributed by atoms with van der Waals surface area (Å²) in [6.07, 6.45) is 9.71. The van der Waals surface area contributed by atoms with Crippen molar-refractivity contribution in [3.8, 4) is 0 Å². The molecule has 1 fully saturated rings. The average molecular weight is 455 g/mol. The van der Waals surface area contributed by atoms with Crippen molar-refractivity contribution in [2.45, 2.75) is 83.7 Å². The molecule has 0 aromatic heterocycles. The highest BCUT2D eigenvalue weighted by atomic mass is 35.5. The number of amides is 2. The Bertz CT molecular complexity index is 660. The summed E-state index contributed by atoms with van der Waals surface area (Å²) in [4.78, 5) is 28.1. The molecule has 2 rings (SSSR count). The maximum Gasteiger partial charge on any atom is 0.247 e. The molecular formula is C24H36Cl2N2O2. The van der Waals surface area contributed by atoms with Crippen LogP contribution in [-0.2, 0) is 9.59 Å². The molecule has 1 aromatic carbocycles. The molecule has 1 aliphatic rings. The Kier molecular flexibility index (Phi) is 11.0. The Morgan fingerprint density at radius 1 is 1.13 bits per heavy atom. The van der Waals surface area contributed by atoms with Crippen LogP contribution in [0.25, 0.3) is 0 Å². The van der Waals surface area contributed by atoms with E-state index in [4.69, 9.17) is 23.2 Å². The van der Waals surface area contributed by atoms with Crippen molar-refractivity contribution in [1.82, 2.24) is 10.2 Å². The third-order valence-electron chi connectivity index (χ3n) is 6.13. The number of nitrogens with zero attached hydrogens (tertiary/aromatic N) is 1. The lowest BCUT2D eigenvalue weighted by Crippen LogP contribution is -2.48. The van der Waals surface area contributed by atoms with Gasteiger partial charge < -0.3 is 10.2 Å². The van der Waals surface area contributed by atoms with Crippen LogP contribution >= 0.6 is 23.2 Å². The van der Waals surface area contributed by atoms with E-state index in [9.17, 15) is 9.59 Å². The van der Waals surface area contributed by atoms with Crippen LogP contribution < -0.4 is 5.32 Å². The minimum atomic E-state index is -0.689. The van der Waals surface area contributed by atoms with Gasteiger partial charge in [-0.3, -0.25) is 9.59 Å². The number of hydrogen-bond acceptors (Lipinski definition) is 2. The monoisotopic (exact) mass is 454 g/mol. The SMILES string of the molecule is CCCC[C@@H](CC)CN(C(=O)CCl)[C@@H](C(=O)NC1CCCCC1)c1ccc(Cl)cc1.